The number of nitrogens with one attached hydrogen (secondary N) is 3. The molecule has 1 heterocycles. The predicted molar refractivity (Wildman–Crippen MR) is 108 cm³/mol. The van der Waals surface area contributed by atoms with E-state index in [1.807, 2.05) is 24.3 Å². The molecule has 0 bridgehead atoms. The van der Waals surface area contributed by atoms with E-state index in [2.05, 4.69) is 47.7 Å². The van der Waals surface area contributed by atoms with Gasteiger partial charge in [-0.3, -0.25) is 20.4 Å². The van der Waals surface area contributed by atoms with Gasteiger partial charge in [0.15, 0.2) is 0 Å². The monoisotopic (exact) mass is 491 g/mol. The summed E-state index contributed by atoms with van der Waals surface area (Å²) in [6, 6.07) is 16.1. The number of carbonyl (C=O) groups is 2. The molecule has 0 aliphatic heterocycles. The molecule has 0 saturated heterocycles. The van der Waals surface area contributed by atoms with Crippen LogP contribution in [0.25, 0.3) is 0 Å². The largest absolute Gasteiger partial charge is 0.488 e. The molecule has 3 rings (SSSR count). The van der Waals surface area contributed by atoms with Gasteiger partial charge in [-0.1, -0.05) is 46.3 Å². The Balaban J connectivity index is 1.65. The summed E-state index contributed by atoms with van der Waals surface area (Å²) in [5.74, 6) is -0.514. The Bertz CT molecular complexity index is 972. The first-order valence-electron chi connectivity index (χ1n) is 7.94. The van der Waals surface area contributed by atoms with Crippen LogP contribution in [0.4, 0.5) is 0 Å². The molecular formula is C19H15Br2N3O3. The third-order valence-electron chi connectivity index (χ3n) is 3.65. The predicted octanol–water partition coefficient (Wildman–Crippen LogP) is 4.19. The zero-order valence-corrected chi connectivity index (χ0v) is 17.1. The molecular weight excluding hydrogens is 478 g/mol. The smallest absolute Gasteiger partial charge is 0.286 e. The van der Waals surface area contributed by atoms with Gasteiger partial charge in [0.2, 0.25) is 0 Å². The van der Waals surface area contributed by atoms with Crippen molar-refractivity contribution in [2.24, 2.45) is 0 Å². The number of halogens is 2. The van der Waals surface area contributed by atoms with Crippen LogP contribution in [0.1, 0.15) is 26.4 Å². The van der Waals surface area contributed by atoms with Crippen LogP contribution in [-0.2, 0) is 6.61 Å². The standard InChI is InChI=1S/C19H15Br2N3O3/c20-13-9-16(22-10-13)19(26)24-23-18(25)14-6-2-4-8-17(14)27-11-12-5-1-3-7-15(12)21/h1-10,22H,11H2,(H,23,25)(H,24,26). The van der Waals surface area contributed by atoms with Gasteiger partial charge in [-0.15, -0.1) is 0 Å². The Hall–Kier alpha value is -2.58. The highest BCUT2D eigenvalue weighted by atomic mass is 79.9. The van der Waals surface area contributed by atoms with Gasteiger partial charge in [-0.05, 0) is 40.2 Å². The van der Waals surface area contributed by atoms with Crippen molar-refractivity contribution < 1.29 is 14.3 Å². The molecule has 6 nitrogen and oxygen atoms in total. The van der Waals surface area contributed by atoms with Crippen molar-refractivity contribution in [1.82, 2.24) is 15.8 Å². The van der Waals surface area contributed by atoms with Crippen molar-refractivity contribution in [3.05, 3.63) is 86.6 Å². The fraction of sp³-hybridized carbons (Fsp3) is 0.0526. The van der Waals surface area contributed by atoms with Crippen LogP contribution in [0.15, 0.2) is 69.7 Å². The molecule has 27 heavy (non-hydrogen) atoms. The molecule has 0 fully saturated rings. The number of aromatic amines is 1. The van der Waals surface area contributed by atoms with Crippen molar-refractivity contribution in [3.8, 4) is 5.75 Å². The van der Waals surface area contributed by atoms with E-state index in [4.69, 9.17) is 4.74 Å². The minimum absolute atomic E-state index is 0.300. The lowest BCUT2D eigenvalue weighted by molar-refractivity contribution is 0.0841. The van der Waals surface area contributed by atoms with E-state index in [1.54, 1.807) is 36.5 Å². The fourth-order valence-corrected chi connectivity index (χ4v) is 3.04. The zero-order valence-electron chi connectivity index (χ0n) is 14.0. The molecule has 0 aliphatic rings. The van der Waals surface area contributed by atoms with Crippen LogP contribution >= 0.6 is 31.9 Å². The molecule has 0 saturated carbocycles. The van der Waals surface area contributed by atoms with Crippen molar-refractivity contribution in [2.75, 3.05) is 0 Å². The number of rotatable bonds is 5. The van der Waals surface area contributed by atoms with Gasteiger partial charge in [0, 0.05) is 20.7 Å². The van der Waals surface area contributed by atoms with E-state index in [-0.39, 0.29) is 0 Å². The van der Waals surface area contributed by atoms with Crippen molar-refractivity contribution >= 4 is 43.7 Å². The summed E-state index contributed by atoms with van der Waals surface area (Å²) >= 11 is 6.72. The molecule has 0 radical (unpaired) electrons. The number of carbonyl (C=O) groups excluding carboxylic acids is 2. The first-order chi connectivity index (χ1) is 13.0. The molecule has 2 amide bonds. The number of hydrazine groups is 1. The molecule has 0 aliphatic carbocycles. The van der Waals surface area contributed by atoms with E-state index >= 15 is 0 Å². The molecule has 2 aromatic carbocycles. The van der Waals surface area contributed by atoms with Crippen molar-refractivity contribution in [1.29, 1.82) is 0 Å². The number of hydrogen-bond acceptors (Lipinski definition) is 3. The lowest BCUT2D eigenvalue weighted by atomic mass is 10.2. The van der Waals surface area contributed by atoms with Crippen LogP contribution in [0.2, 0.25) is 0 Å². The number of benzene rings is 2. The molecule has 3 aromatic rings. The number of para-hydroxylation sites is 1. The van der Waals surface area contributed by atoms with Crippen LogP contribution < -0.4 is 15.6 Å². The number of amides is 2. The van der Waals surface area contributed by atoms with Crippen LogP contribution in [0, 0.1) is 0 Å². The maximum Gasteiger partial charge on any atom is 0.286 e. The van der Waals surface area contributed by atoms with Crippen LogP contribution in [0.3, 0.4) is 0 Å². The minimum atomic E-state index is -0.475. The molecule has 3 N–H and O–H groups in total. The normalized spacial score (nSPS) is 10.3. The van der Waals surface area contributed by atoms with Gasteiger partial charge in [0.05, 0.1) is 5.56 Å². The summed E-state index contributed by atoms with van der Waals surface area (Å²) in [5, 5.41) is 0. The van der Waals surface area contributed by atoms with Crippen molar-refractivity contribution in [3.63, 3.8) is 0 Å². The second-order valence-corrected chi connectivity index (χ2v) is 7.29. The highest BCUT2D eigenvalue weighted by molar-refractivity contribution is 9.10. The number of ether oxygens (including phenoxy) is 1. The summed E-state index contributed by atoms with van der Waals surface area (Å²) in [7, 11) is 0. The Morgan fingerprint density at radius 2 is 1.67 bits per heavy atom. The average Bonchev–Trinajstić information content (AvgIpc) is 3.12. The summed E-state index contributed by atoms with van der Waals surface area (Å²) in [5.41, 5.74) is 6.35. The van der Waals surface area contributed by atoms with Gasteiger partial charge in [-0.25, -0.2) is 0 Å². The topological polar surface area (TPSA) is 83.2 Å². The SMILES string of the molecule is O=C(NNC(=O)c1ccccc1OCc1ccccc1Br)c1cc(Br)c[nH]1. The first-order valence-corrected chi connectivity index (χ1v) is 9.53. The molecule has 0 unspecified atom stereocenters. The van der Waals surface area contributed by atoms with E-state index < -0.39 is 11.8 Å². The van der Waals surface area contributed by atoms with Crippen LogP contribution in [-0.4, -0.2) is 16.8 Å². The van der Waals surface area contributed by atoms with Crippen LogP contribution in [0.5, 0.6) is 5.75 Å². The maximum absolute atomic E-state index is 12.5. The second-order valence-electron chi connectivity index (χ2n) is 5.52. The summed E-state index contributed by atoms with van der Waals surface area (Å²) < 4.78 is 7.47. The molecule has 1 aromatic heterocycles. The molecule has 138 valence electrons. The van der Waals surface area contributed by atoms with E-state index in [1.165, 1.54) is 0 Å². The zero-order chi connectivity index (χ0) is 19.2. The molecule has 0 spiro atoms. The lowest BCUT2D eigenvalue weighted by Gasteiger charge is -2.12. The average molecular weight is 493 g/mol. The Kier molecular flexibility index (Phi) is 6.31. The number of hydrogen-bond donors (Lipinski definition) is 3. The minimum Gasteiger partial charge on any atom is -0.488 e. The van der Waals surface area contributed by atoms with Gasteiger partial charge in [0.1, 0.15) is 18.1 Å². The number of H-pyrrole nitrogens is 1. The van der Waals surface area contributed by atoms with Gasteiger partial charge >= 0.3 is 0 Å². The second kappa shape index (κ2) is 8.88. The van der Waals surface area contributed by atoms with Gasteiger partial charge in [-0.2, -0.15) is 0 Å². The first kappa shape index (κ1) is 19.2. The third kappa shape index (κ3) is 4.99. The Morgan fingerprint density at radius 3 is 2.41 bits per heavy atom. The lowest BCUT2D eigenvalue weighted by Crippen LogP contribution is -2.41. The van der Waals surface area contributed by atoms with E-state index in [9.17, 15) is 9.59 Å². The Labute approximate surface area is 172 Å². The maximum atomic E-state index is 12.5. The number of aromatic nitrogens is 1. The quantitative estimate of drug-likeness (QED) is 0.467. The molecule has 0 atom stereocenters. The van der Waals surface area contributed by atoms with Gasteiger partial charge < -0.3 is 9.72 Å². The molecule has 8 heteroatoms. The van der Waals surface area contributed by atoms with E-state index in [0.717, 1.165) is 14.5 Å². The van der Waals surface area contributed by atoms with Crippen molar-refractivity contribution in [2.45, 2.75) is 6.61 Å². The highest BCUT2D eigenvalue weighted by Gasteiger charge is 2.14. The Morgan fingerprint density at radius 1 is 0.963 bits per heavy atom. The summed E-state index contributed by atoms with van der Waals surface area (Å²) in [6.07, 6.45) is 1.63. The van der Waals surface area contributed by atoms with E-state index in [0.29, 0.717) is 23.6 Å². The summed E-state index contributed by atoms with van der Waals surface area (Å²) in [6.45, 7) is 0.300. The van der Waals surface area contributed by atoms with Gasteiger partial charge in [0.25, 0.3) is 11.8 Å². The summed E-state index contributed by atoms with van der Waals surface area (Å²) in [4.78, 5) is 27.2. The highest BCUT2D eigenvalue weighted by Crippen LogP contribution is 2.22. The third-order valence-corrected chi connectivity index (χ3v) is 4.89. The fourth-order valence-electron chi connectivity index (χ4n) is 2.30.